The number of morpholine rings is 1. The van der Waals surface area contributed by atoms with Crippen LogP contribution in [0.3, 0.4) is 0 Å². The topological polar surface area (TPSA) is 138 Å². The summed E-state index contributed by atoms with van der Waals surface area (Å²) in [6.45, 7) is 2.60. The van der Waals surface area contributed by atoms with E-state index in [2.05, 4.69) is 9.88 Å². The van der Waals surface area contributed by atoms with Crippen molar-refractivity contribution < 1.29 is 14.6 Å². The zero-order valence-electron chi connectivity index (χ0n) is 17.5. The van der Waals surface area contributed by atoms with Gasteiger partial charge in [-0.3, -0.25) is 4.98 Å². The van der Waals surface area contributed by atoms with Crippen molar-refractivity contribution >= 4 is 45.2 Å². The number of nitrogens with one attached hydrogen (secondary N) is 1. The highest BCUT2D eigenvalue weighted by atomic mass is 32.1. The largest absolute Gasteiger partial charge is 0.478 e. The van der Waals surface area contributed by atoms with Gasteiger partial charge in [0.15, 0.2) is 11.6 Å². The number of fused-ring (bicyclic) bond motifs is 1. The minimum absolute atomic E-state index is 0.125. The van der Waals surface area contributed by atoms with Crippen LogP contribution in [0.5, 0.6) is 0 Å². The molecule has 1 aliphatic heterocycles. The molecule has 0 bridgehead atoms. The summed E-state index contributed by atoms with van der Waals surface area (Å²) >= 11 is 1.50. The molecule has 1 aliphatic rings. The van der Waals surface area contributed by atoms with Crippen LogP contribution in [0.2, 0.25) is 0 Å². The smallest absolute Gasteiger partial charge is 0.337 e. The van der Waals surface area contributed by atoms with Crippen LogP contribution in [0.25, 0.3) is 32.0 Å². The van der Waals surface area contributed by atoms with Crippen LogP contribution >= 0.6 is 11.3 Å². The normalized spacial score (nSPS) is 13.9. The number of rotatable bonds is 5. The molecule has 4 heterocycles. The van der Waals surface area contributed by atoms with E-state index in [0.29, 0.717) is 54.5 Å². The fourth-order valence-electron chi connectivity index (χ4n) is 3.80. The second-order valence-electron chi connectivity index (χ2n) is 7.52. The maximum absolute atomic E-state index is 11.4. The zero-order chi connectivity index (χ0) is 22.9. The van der Waals surface area contributed by atoms with Gasteiger partial charge in [-0.05, 0) is 18.2 Å². The fraction of sp³-hybridized carbons (Fsp3) is 0.174. The highest BCUT2D eigenvalue weighted by Crippen LogP contribution is 2.39. The predicted molar refractivity (Wildman–Crippen MR) is 128 cm³/mol. The Morgan fingerprint density at radius 2 is 2.03 bits per heavy atom. The van der Waals surface area contributed by atoms with Gasteiger partial charge in [-0.1, -0.05) is 12.1 Å². The summed E-state index contributed by atoms with van der Waals surface area (Å²) in [5, 5.41) is 17.2. The molecule has 9 nitrogen and oxygen atoms in total. The molecule has 0 unspecified atom stereocenters. The Bertz CT molecular complexity index is 1380. The number of carboxylic acids is 1. The Morgan fingerprint density at radius 1 is 1.21 bits per heavy atom. The van der Waals surface area contributed by atoms with E-state index in [1.165, 1.54) is 23.7 Å². The SMILES string of the molecule is N=Cc1c(N)cccc1-c1nc(N2CCOCC2)c2sc(-c3cncc(C(=O)O)c3)cc2n1. The van der Waals surface area contributed by atoms with Crippen LogP contribution in [-0.2, 0) is 4.74 Å². The van der Waals surface area contributed by atoms with Crippen LogP contribution in [0, 0.1) is 5.41 Å². The first-order valence-electron chi connectivity index (χ1n) is 10.3. The lowest BCUT2D eigenvalue weighted by Crippen LogP contribution is -2.36. The van der Waals surface area contributed by atoms with Crippen LogP contribution in [0.15, 0.2) is 42.7 Å². The van der Waals surface area contributed by atoms with E-state index in [-0.39, 0.29) is 5.56 Å². The standard InChI is InChI=1S/C23H20N6O3S/c24-10-16-15(2-1-3-17(16)25)21-27-18-9-19(13-8-14(23(30)31)12-26-11-13)33-20(18)22(28-21)29-4-6-32-7-5-29/h1-3,8-12,24H,4-7,25H2,(H,30,31). The van der Waals surface area contributed by atoms with Crippen molar-refractivity contribution in [2.24, 2.45) is 0 Å². The Kier molecular flexibility index (Phi) is 5.45. The summed E-state index contributed by atoms with van der Waals surface area (Å²) in [5.74, 6) is 0.245. The molecule has 1 fully saturated rings. The van der Waals surface area contributed by atoms with Gasteiger partial charge in [0.1, 0.15) is 0 Å². The maximum Gasteiger partial charge on any atom is 0.337 e. The minimum atomic E-state index is -1.03. The minimum Gasteiger partial charge on any atom is -0.478 e. The first kappa shape index (κ1) is 21.0. The molecule has 3 aromatic heterocycles. The number of carboxylic acid groups (broad SMARTS) is 1. The van der Waals surface area contributed by atoms with Crippen LogP contribution in [-0.4, -0.2) is 58.5 Å². The van der Waals surface area contributed by atoms with Gasteiger partial charge in [0.25, 0.3) is 0 Å². The van der Waals surface area contributed by atoms with Gasteiger partial charge >= 0.3 is 5.97 Å². The summed E-state index contributed by atoms with van der Waals surface area (Å²) < 4.78 is 6.42. The number of ether oxygens (including phenoxy) is 1. The Morgan fingerprint density at radius 3 is 2.79 bits per heavy atom. The molecule has 0 aliphatic carbocycles. The lowest BCUT2D eigenvalue weighted by Gasteiger charge is -2.28. The molecule has 0 spiro atoms. The van der Waals surface area contributed by atoms with Crippen molar-refractivity contribution in [2.45, 2.75) is 0 Å². The van der Waals surface area contributed by atoms with Gasteiger partial charge in [0.2, 0.25) is 0 Å². The number of hydrogen-bond donors (Lipinski definition) is 3. The lowest BCUT2D eigenvalue weighted by atomic mass is 10.1. The van der Waals surface area contributed by atoms with Crippen LogP contribution < -0.4 is 10.6 Å². The summed E-state index contributed by atoms with van der Waals surface area (Å²) in [4.78, 5) is 28.2. The zero-order valence-corrected chi connectivity index (χ0v) is 18.3. The molecular formula is C23H20N6O3S. The van der Waals surface area contributed by atoms with E-state index in [4.69, 9.17) is 25.8 Å². The summed E-state index contributed by atoms with van der Waals surface area (Å²) in [7, 11) is 0. The highest BCUT2D eigenvalue weighted by molar-refractivity contribution is 7.22. The molecule has 4 aromatic rings. The van der Waals surface area contributed by atoms with Gasteiger partial charge in [0, 0.05) is 59.0 Å². The van der Waals surface area contributed by atoms with E-state index in [1.807, 2.05) is 18.2 Å². The third-order valence-electron chi connectivity index (χ3n) is 5.46. The molecule has 0 amide bonds. The summed E-state index contributed by atoms with van der Waals surface area (Å²) in [6, 6.07) is 8.95. The van der Waals surface area contributed by atoms with E-state index < -0.39 is 5.97 Å². The number of anilines is 2. The van der Waals surface area contributed by atoms with Gasteiger partial charge in [0.05, 0.1) is 29.0 Å². The Balaban J connectivity index is 1.71. The molecule has 0 saturated carbocycles. The number of nitrogen functional groups attached to an aromatic ring is 1. The molecule has 5 rings (SSSR count). The molecular weight excluding hydrogens is 440 g/mol. The van der Waals surface area contributed by atoms with E-state index in [1.54, 1.807) is 18.3 Å². The average Bonchev–Trinajstić information content (AvgIpc) is 3.28. The molecule has 4 N–H and O–H groups in total. The lowest BCUT2D eigenvalue weighted by molar-refractivity contribution is 0.0696. The van der Waals surface area contributed by atoms with Gasteiger partial charge < -0.3 is 25.9 Å². The number of thiophene rings is 1. The monoisotopic (exact) mass is 460 g/mol. The molecule has 1 saturated heterocycles. The fourth-order valence-corrected chi connectivity index (χ4v) is 4.89. The molecule has 10 heteroatoms. The second kappa shape index (κ2) is 8.57. The third kappa shape index (κ3) is 3.90. The van der Waals surface area contributed by atoms with E-state index in [9.17, 15) is 9.90 Å². The third-order valence-corrected chi connectivity index (χ3v) is 6.63. The van der Waals surface area contributed by atoms with Crippen molar-refractivity contribution in [2.75, 3.05) is 36.9 Å². The molecule has 1 aromatic carbocycles. The van der Waals surface area contributed by atoms with Crippen LogP contribution in [0.1, 0.15) is 15.9 Å². The summed E-state index contributed by atoms with van der Waals surface area (Å²) in [5.41, 5.74) is 9.40. The van der Waals surface area contributed by atoms with Gasteiger partial charge in [-0.25, -0.2) is 14.8 Å². The van der Waals surface area contributed by atoms with Crippen LogP contribution in [0.4, 0.5) is 11.5 Å². The second-order valence-corrected chi connectivity index (χ2v) is 8.57. The number of nitrogens with two attached hydrogens (primary N) is 1. The maximum atomic E-state index is 11.4. The number of benzene rings is 1. The van der Waals surface area contributed by atoms with Crippen molar-refractivity contribution in [1.82, 2.24) is 15.0 Å². The first-order valence-corrected chi connectivity index (χ1v) is 11.1. The predicted octanol–water partition coefficient (Wildman–Crippen LogP) is 3.53. The van der Waals surface area contributed by atoms with Gasteiger partial charge in [-0.15, -0.1) is 11.3 Å². The summed E-state index contributed by atoms with van der Waals surface area (Å²) in [6.07, 6.45) is 4.19. The number of carbonyl (C=O) groups is 1. The van der Waals surface area contributed by atoms with E-state index in [0.717, 1.165) is 20.9 Å². The molecule has 33 heavy (non-hydrogen) atoms. The van der Waals surface area contributed by atoms with Crippen molar-refractivity contribution in [3.63, 3.8) is 0 Å². The van der Waals surface area contributed by atoms with E-state index >= 15 is 0 Å². The van der Waals surface area contributed by atoms with Crippen molar-refractivity contribution in [3.8, 4) is 21.8 Å². The molecule has 166 valence electrons. The van der Waals surface area contributed by atoms with Crippen molar-refractivity contribution in [1.29, 1.82) is 5.41 Å². The number of pyridine rings is 1. The van der Waals surface area contributed by atoms with Gasteiger partial charge in [-0.2, -0.15) is 0 Å². The Hall–Kier alpha value is -3.89. The molecule has 0 atom stereocenters. The highest BCUT2D eigenvalue weighted by Gasteiger charge is 2.22. The van der Waals surface area contributed by atoms with Crippen molar-refractivity contribution in [3.05, 3.63) is 53.9 Å². The molecule has 0 radical (unpaired) electrons. The number of nitrogens with zero attached hydrogens (tertiary/aromatic N) is 4. The Labute approximate surface area is 193 Å². The average molecular weight is 461 g/mol. The number of hydrogen-bond acceptors (Lipinski definition) is 9. The number of aromatic nitrogens is 3. The quantitative estimate of drug-likeness (QED) is 0.304. The first-order chi connectivity index (χ1) is 16.0. The number of aromatic carboxylic acids is 1.